The third kappa shape index (κ3) is 3.48. The zero-order valence-electron chi connectivity index (χ0n) is 11.1. The van der Waals surface area contributed by atoms with E-state index in [1.807, 2.05) is 23.1 Å². The molecule has 2 rings (SSSR count). The zero-order valence-corrected chi connectivity index (χ0v) is 12.6. The number of nitrogens with zero attached hydrogens (tertiary/aromatic N) is 1. The van der Waals surface area contributed by atoms with Crippen molar-refractivity contribution in [3.05, 3.63) is 28.2 Å². The normalized spacial score (nSPS) is 16.5. The molecular formula is C14H19BrN2O2. The minimum Gasteiger partial charge on any atom is -0.481 e. The Labute approximate surface area is 122 Å². The molecule has 0 bridgehead atoms. The lowest BCUT2D eigenvalue weighted by Gasteiger charge is -2.22. The van der Waals surface area contributed by atoms with Crippen LogP contribution in [0.25, 0.3) is 0 Å². The van der Waals surface area contributed by atoms with Crippen LogP contribution in [0.5, 0.6) is 5.75 Å². The third-order valence-electron chi connectivity index (χ3n) is 3.31. The second kappa shape index (κ2) is 6.39. The number of rotatable bonds is 4. The first kappa shape index (κ1) is 14.3. The van der Waals surface area contributed by atoms with Crippen LogP contribution in [0.15, 0.2) is 22.7 Å². The van der Waals surface area contributed by atoms with Gasteiger partial charge in [-0.25, -0.2) is 0 Å². The highest BCUT2D eigenvalue weighted by Gasteiger charge is 2.24. The fourth-order valence-electron chi connectivity index (χ4n) is 2.26. The summed E-state index contributed by atoms with van der Waals surface area (Å²) >= 11 is 3.40. The SMILES string of the molecule is CC(Oc1ccc(Br)cc1CN)C(=O)N1CCCC1. The van der Waals surface area contributed by atoms with Crippen LogP contribution in [-0.2, 0) is 11.3 Å². The van der Waals surface area contributed by atoms with Crippen LogP contribution >= 0.6 is 15.9 Å². The Bertz CT molecular complexity index is 459. The van der Waals surface area contributed by atoms with Crippen molar-refractivity contribution in [1.82, 2.24) is 4.90 Å². The van der Waals surface area contributed by atoms with E-state index in [2.05, 4.69) is 15.9 Å². The first-order chi connectivity index (χ1) is 9.11. The number of nitrogens with two attached hydrogens (primary N) is 1. The van der Waals surface area contributed by atoms with E-state index in [1.165, 1.54) is 0 Å². The summed E-state index contributed by atoms with van der Waals surface area (Å²) in [6.45, 7) is 3.87. The van der Waals surface area contributed by atoms with E-state index in [-0.39, 0.29) is 5.91 Å². The summed E-state index contributed by atoms with van der Waals surface area (Å²) in [5.74, 6) is 0.745. The standard InChI is InChI=1S/C14H19BrN2O2/c1-10(14(18)17-6-2-3-7-17)19-13-5-4-12(15)8-11(13)9-16/h4-5,8,10H,2-3,6-7,9,16H2,1H3. The van der Waals surface area contributed by atoms with Crippen molar-refractivity contribution < 1.29 is 9.53 Å². The molecule has 1 fully saturated rings. The monoisotopic (exact) mass is 326 g/mol. The van der Waals surface area contributed by atoms with Gasteiger partial charge in [-0.05, 0) is 38.0 Å². The molecule has 104 valence electrons. The van der Waals surface area contributed by atoms with Gasteiger partial charge in [0.2, 0.25) is 0 Å². The minimum absolute atomic E-state index is 0.0587. The Hall–Kier alpha value is -1.07. The maximum absolute atomic E-state index is 12.2. The molecule has 1 aliphatic rings. The van der Waals surface area contributed by atoms with Gasteiger partial charge in [0.1, 0.15) is 5.75 Å². The smallest absolute Gasteiger partial charge is 0.263 e. The van der Waals surface area contributed by atoms with Crippen molar-refractivity contribution in [3.8, 4) is 5.75 Å². The Kier molecular flexibility index (Phi) is 4.82. The average molecular weight is 327 g/mol. The Morgan fingerprint density at radius 1 is 1.47 bits per heavy atom. The average Bonchev–Trinajstić information content (AvgIpc) is 2.93. The molecule has 1 atom stereocenters. The van der Waals surface area contributed by atoms with Gasteiger partial charge in [0.05, 0.1) is 0 Å². The predicted molar refractivity (Wildman–Crippen MR) is 77.9 cm³/mol. The summed E-state index contributed by atoms with van der Waals surface area (Å²) in [5, 5.41) is 0. The number of halogens is 1. The van der Waals surface area contributed by atoms with Crippen molar-refractivity contribution in [2.24, 2.45) is 5.73 Å². The lowest BCUT2D eigenvalue weighted by atomic mass is 10.2. The second-order valence-electron chi connectivity index (χ2n) is 4.75. The van der Waals surface area contributed by atoms with E-state index in [9.17, 15) is 4.79 Å². The molecule has 1 heterocycles. The van der Waals surface area contributed by atoms with Gasteiger partial charge >= 0.3 is 0 Å². The number of hydrogen-bond acceptors (Lipinski definition) is 3. The maximum Gasteiger partial charge on any atom is 0.263 e. The number of ether oxygens (including phenoxy) is 1. The molecule has 1 aliphatic heterocycles. The van der Waals surface area contributed by atoms with Crippen LogP contribution < -0.4 is 10.5 Å². The minimum atomic E-state index is -0.468. The van der Waals surface area contributed by atoms with E-state index in [0.717, 1.165) is 36.0 Å². The lowest BCUT2D eigenvalue weighted by molar-refractivity contribution is -0.136. The van der Waals surface area contributed by atoms with E-state index >= 15 is 0 Å². The number of likely N-dealkylation sites (tertiary alicyclic amines) is 1. The molecule has 0 saturated carbocycles. The van der Waals surface area contributed by atoms with Gasteiger partial charge in [0.15, 0.2) is 6.10 Å². The van der Waals surface area contributed by atoms with Crippen molar-refractivity contribution >= 4 is 21.8 Å². The molecule has 1 aromatic carbocycles. The van der Waals surface area contributed by atoms with Gasteiger partial charge in [0, 0.05) is 29.7 Å². The van der Waals surface area contributed by atoms with Gasteiger partial charge in [-0.2, -0.15) is 0 Å². The number of benzene rings is 1. The molecule has 1 amide bonds. The fraction of sp³-hybridized carbons (Fsp3) is 0.500. The number of amides is 1. The van der Waals surface area contributed by atoms with Gasteiger partial charge in [0.25, 0.3) is 5.91 Å². The first-order valence-electron chi connectivity index (χ1n) is 6.55. The predicted octanol–water partition coefficient (Wildman–Crippen LogP) is 2.30. The summed E-state index contributed by atoms with van der Waals surface area (Å²) < 4.78 is 6.73. The summed E-state index contributed by atoms with van der Waals surface area (Å²) in [6.07, 6.45) is 1.71. The molecule has 0 radical (unpaired) electrons. The topological polar surface area (TPSA) is 55.6 Å². The van der Waals surface area contributed by atoms with Crippen molar-refractivity contribution in [2.75, 3.05) is 13.1 Å². The fourth-order valence-corrected chi connectivity index (χ4v) is 2.67. The van der Waals surface area contributed by atoms with Gasteiger partial charge in [-0.15, -0.1) is 0 Å². The summed E-state index contributed by atoms with van der Waals surface area (Å²) in [6, 6.07) is 5.66. The highest BCUT2D eigenvalue weighted by molar-refractivity contribution is 9.10. The van der Waals surface area contributed by atoms with Crippen LogP contribution in [0.2, 0.25) is 0 Å². The van der Waals surface area contributed by atoms with E-state index in [1.54, 1.807) is 6.92 Å². The van der Waals surface area contributed by atoms with Crippen LogP contribution in [0.1, 0.15) is 25.3 Å². The number of carbonyl (C=O) groups excluding carboxylic acids is 1. The van der Waals surface area contributed by atoms with E-state index < -0.39 is 6.10 Å². The highest BCUT2D eigenvalue weighted by atomic mass is 79.9. The molecule has 2 N–H and O–H groups in total. The highest BCUT2D eigenvalue weighted by Crippen LogP contribution is 2.24. The molecule has 1 aromatic rings. The number of carbonyl (C=O) groups is 1. The van der Waals surface area contributed by atoms with E-state index in [4.69, 9.17) is 10.5 Å². The molecule has 19 heavy (non-hydrogen) atoms. The Morgan fingerprint density at radius 2 is 2.16 bits per heavy atom. The molecular weight excluding hydrogens is 308 g/mol. The molecule has 0 aliphatic carbocycles. The molecule has 0 spiro atoms. The molecule has 1 unspecified atom stereocenters. The largest absolute Gasteiger partial charge is 0.481 e. The first-order valence-corrected chi connectivity index (χ1v) is 7.35. The maximum atomic E-state index is 12.2. The van der Waals surface area contributed by atoms with Crippen LogP contribution in [0.4, 0.5) is 0 Å². The Balaban J connectivity index is 2.05. The number of hydrogen-bond donors (Lipinski definition) is 1. The summed E-state index contributed by atoms with van der Waals surface area (Å²) in [4.78, 5) is 14.0. The summed E-state index contributed by atoms with van der Waals surface area (Å²) in [5.41, 5.74) is 6.60. The van der Waals surface area contributed by atoms with Crippen LogP contribution in [-0.4, -0.2) is 30.0 Å². The van der Waals surface area contributed by atoms with Crippen molar-refractivity contribution in [3.63, 3.8) is 0 Å². The van der Waals surface area contributed by atoms with Crippen molar-refractivity contribution in [1.29, 1.82) is 0 Å². The van der Waals surface area contributed by atoms with Crippen molar-refractivity contribution in [2.45, 2.75) is 32.4 Å². The lowest BCUT2D eigenvalue weighted by Crippen LogP contribution is -2.38. The second-order valence-corrected chi connectivity index (χ2v) is 5.66. The van der Waals surface area contributed by atoms with E-state index in [0.29, 0.717) is 12.3 Å². The quantitative estimate of drug-likeness (QED) is 0.923. The van der Waals surface area contributed by atoms with Gasteiger partial charge < -0.3 is 15.4 Å². The molecule has 1 saturated heterocycles. The molecule has 4 nitrogen and oxygen atoms in total. The summed E-state index contributed by atoms with van der Waals surface area (Å²) in [7, 11) is 0. The van der Waals surface area contributed by atoms with Crippen LogP contribution in [0, 0.1) is 0 Å². The Morgan fingerprint density at radius 3 is 2.79 bits per heavy atom. The molecule has 5 heteroatoms. The third-order valence-corrected chi connectivity index (χ3v) is 3.80. The zero-order chi connectivity index (χ0) is 13.8. The van der Waals surface area contributed by atoms with Gasteiger partial charge in [-0.3, -0.25) is 4.79 Å². The van der Waals surface area contributed by atoms with Gasteiger partial charge in [-0.1, -0.05) is 15.9 Å². The van der Waals surface area contributed by atoms with Crippen LogP contribution in [0.3, 0.4) is 0 Å². The molecule has 0 aromatic heterocycles.